The van der Waals surface area contributed by atoms with Crippen molar-refractivity contribution < 1.29 is 14.4 Å². The SMILES string of the molecule is C[C@H]1CC(C)(C)C[C@]2(C1)NC(=O)N(CC(=O)Nc1ccc(C#N)cc1)C2=O. The molecule has 0 radical (unpaired) electrons. The van der Waals surface area contributed by atoms with Crippen molar-refractivity contribution in [3.05, 3.63) is 29.8 Å². The molecule has 1 aromatic rings. The first-order valence-corrected chi connectivity index (χ1v) is 9.08. The molecule has 0 unspecified atom stereocenters. The summed E-state index contributed by atoms with van der Waals surface area (Å²) in [5.74, 6) is -0.462. The van der Waals surface area contributed by atoms with Crippen molar-refractivity contribution in [1.29, 1.82) is 5.26 Å². The van der Waals surface area contributed by atoms with Crippen LogP contribution in [0, 0.1) is 22.7 Å². The summed E-state index contributed by atoms with van der Waals surface area (Å²) in [5.41, 5.74) is 0.0280. The third-order valence-electron chi connectivity index (χ3n) is 5.22. The van der Waals surface area contributed by atoms with Crippen LogP contribution in [0.5, 0.6) is 0 Å². The molecule has 2 atom stereocenters. The lowest BCUT2D eigenvalue weighted by atomic mass is 9.64. The van der Waals surface area contributed by atoms with Gasteiger partial charge in [0.2, 0.25) is 5.91 Å². The summed E-state index contributed by atoms with van der Waals surface area (Å²) in [7, 11) is 0. The van der Waals surface area contributed by atoms with Crippen molar-refractivity contribution >= 4 is 23.5 Å². The summed E-state index contributed by atoms with van der Waals surface area (Å²) in [6, 6.07) is 7.88. The zero-order valence-electron chi connectivity index (χ0n) is 15.8. The van der Waals surface area contributed by atoms with Gasteiger partial charge in [-0.1, -0.05) is 20.8 Å². The van der Waals surface area contributed by atoms with Gasteiger partial charge in [0, 0.05) is 5.69 Å². The molecule has 0 bridgehead atoms. The third kappa shape index (κ3) is 3.80. The van der Waals surface area contributed by atoms with E-state index in [4.69, 9.17) is 5.26 Å². The number of nitrogens with zero attached hydrogens (tertiary/aromatic N) is 2. The van der Waals surface area contributed by atoms with Gasteiger partial charge in [0.25, 0.3) is 5.91 Å². The normalized spacial score (nSPS) is 26.6. The van der Waals surface area contributed by atoms with Crippen molar-refractivity contribution in [2.75, 3.05) is 11.9 Å². The van der Waals surface area contributed by atoms with Gasteiger partial charge in [-0.15, -0.1) is 0 Å². The van der Waals surface area contributed by atoms with Crippen molar-refractivity contribution in [1.82, 2.24) is 10.2 Å². The first-order chi connectivity index (χ1) is 12.6. The van der Waals surface area contributed by atoms with Gasteiger partial charge in [-0.05, 0) is 54.9 Å². The number of nitriles is 1. The number of carbonyl (C=O) groups excluding carboxylic acids is 3. The molecule has 2 aliphatic rings. The second kappa shape index (κ2) is 6.69. The van der Waals surface area contributed by atoms with E-state index in [1.165, 1.54) is 0 Å². The van der Waals surface area contributed by atoms with E-state index in [1.54, 1.807) is 24.3 Å². The lowest BCUT2D eigenvalue weighted by Gasteiger charge is -2.43. The average molecular weight is 368 g/mol. The minimum absolute atomic E-state index is 0.0542. The van der Waals surface area contributed by atoms with Crippen LogP contribution in [0.2, 0.25) is 0 Å². The summed E-state index contributed by atoms with van der Waals surface area (Å²) in [5, 5.41) is 14.3. The molecule has 2 fully saturated rings. The van der Waals surface area contributed by atoms with Crippen LogP contribution in [-0.2, 0) is 9.59 Å². The standard InChI is InChI=1S/C20H24N4O3/c1-13-8-19(2,3)12-20(9-13)17(26)24(18(27)23-20)11-16(25)22-15-6-4-14(10-21)5-7-15/h4-7,13H,8-9,11-12H2,1-3H3,(H,22,25)(H,23,27)/t13-,20-/m0/s1. The molecular weight excluding hydrogens is 344 g/mol. The minimum Gasteiger partial charge on any atom is -0.325 e. The predicted molar refractivity (Wildman–Crippen MR) is 99.6 cm³/mol. The molecule has 1 saturated heterocycles. The molecule has 3 rings (SSSR count). The summed E-state index contributed by atoms with van der Waals surface area (Å²) in [6.07, 6.45) is 2.16. The number of hydrogen-bond acceptors (Lipinski definition) is 4. The molecule has 7 heteroatoms. The first-order valence-electron chi connectivity index (χ1n) is 9.08. The maximum absolute atomic E-state index is 13.0. The number of urea groups is 1. The number of anilines is 1. The number of carbonyl (C=O) groups is 3. The first kappa shape index (κ1) is 18.9. The molecule has 2 N–H and O–H groups in total. The van der Waals surface area contributed by atoms with E-state index in [9.17, 15) is 14.4 Å². The fourth-order valence-electron chi connectivity index (χ4n) is 4.62. The monoisotopic (exact) mass is 368 g/mol. The fourth-order valence-corrected chi connectivity index (χ4v) is 4.62. The molecular formula is C20H24N4O3. The maximum atomic E-state index is 13.0. The smallest absolute Gasteiger partial charge is 0.325 e. The van der Waals surface area contributed by atoms with Gasteiger partial charge in [-0.3, -0.25) is 14.5 Å². The maximum Gasteiger partial charge on any atom is 0.325 e. The number of amides is 4. The Morgan fingerprint density at radius 3 is 2.56 bits per heavy atom. The number of hydrogen-bond donors (Lipinski definition) is 2. The highest BCUT2D eigenvalue weighted by Crippen LogP contribution is 2.46. The van der Waals surface area contributed by atoms with E-state index in [-0.39, 0.29) is 17.9 Å². The van der Waals surface area contributed by atoms with Gasteiger partial charge < -0.3 is 10.6 Å². The topological polar surface area (TPSA) is 102 Å². The van der Waals surface area contributed by atoms with Crippen molar-refractivity contribution in [2.45, 2.75) is 45.6 Å². The molecule has 1 heterocycles. The average Bonchev–Trinajstić information content (AvgIpc) is 2.77. The van der Waals surface area contributed by atoms with Crippen LogP contribution in [0.25, 0.3) is 0 Å². The Balaban J connectivity index is 1.70. The Hall–Kier alpha value is -2.88. The highest BCUT2D eigenvalue weighted by atomic mass is 16.2. The van der Waals surface area contributed by atoms with Crippen molar-refractivity contribution in [3.8, 4) is 6.07 Å². The Labute approximate surface area is 158 Å². The number of imide groups is 1. The molecule has 1 aliphatic carbocycles. The summed E-state index contributed by atoms with van der Waals surface area (Å²) < 4.78 is 0. The van der Waals surface area contributed by atoms with Crippen LogP contribution in [0.15, 0.2) is 24.3 Å². The van der Waals surface area contributed by atoms with Gasteiger partial charge in [0.05, 0.1) is 11.6 Å². The predicted octanol–water partition coefficient (Wildman–Crippen LogP) is 2.63. The molecule has 142 valence electrons. The molecule has 4 amide bonds. The third-order valence-corrected chi connectivity index (χ3v) is 5.22. The molecule has 27 heavy (non-hydrogen) atoms. The van der Waals surface area contributed by atoms with Gasteiger partial charge in [-0.2, -0.15) is 5.26 Å². The quantitative estimate of drug-likeness (QED) is 0.801. The van der Waals surface area contributed by atoms with Crippen molar-refractivity contribution in [3.63, 3.8) is 0 Å². The highest BCUT2D eigenvalue weighted by molar-refractivity contribution is 6.10. The number of rotatable bonds is 3. The lowest BCUT2D eigenvalue weighted by molar-refractivity contribution is -0.136. The van der Waals surface area contributed by atoms with Crippen molar-refractivity contribution in [2.24, 2.45) is 11.3 Å². The largest absolute Gasteiger partial charge is 0.325 e. The fraction of sp³-hybridized carbons (Fsp3) is 0.500. The van der Waals surface area contributed by atoms with E-state index < -0.39 is 17.5 Å². The molecule has 0 aromatic heterocycles. The van der Waals surface area contributed by atoms with Crippen LogP contribution in [0.4, 0.5) is 10.5 Å². The molecule has 1 saturated carbocycles. The van der Waals surface area contributed by atoms with E-state index in [1.807, 2.05) is 6.07 Å². The summed E-state index contributed by atoms with van der Waals surface area (Å²) >= 11 is 0. The summed E-state index contributed by atoms with van der Waals surface area (Å²) in [4.78, 5) is 38.8. The number of nitrogens with one attached hydrogen (secondary N) is 2. The van der Waals surface area contributed by atoms with Crippen LogP contribution in [-0.4, -0.2) is 34.8 Å². The Morgan fingerprint density at radius 2 is 1.96 bits per heavy atom. The molecule has 1 aliphatic heterocycles. The second-order valence-electron chi connectivity index (χ2n) is 8.50. The van der Waals surface area contributed by atoms with E-state index in [2.05, 4.69) is 31.4 Å². The van der Waals surface area contributed by atoms with E-state index in [0.29, 0.717) is 30.0 Å². The van der Waals surface area contributed by atoms with Crippen LogP contribution < -0.4 is 10.6 Å². The van der Waals surface area contributed by atoms with Gasteiger partial charge in [-0.25, -0.2) is 4.79 Å². The van der Waals surface area contributed by atoms with Gasteiger partial charge in [0.15, 0.2) is 0 Å². The Bertz CT molecular complexity index is 825. The second-order valence-corrected chi connectivity index (χ2v) is 8.50. The Morgan fingerprint density at radius 1 is 1.30 bits per heavy atom. The highest BCUT2D eigenvalue weighted by Gasteiger charge is 2.56. The van der Waals surface area contributed by atoms with Crippen LogP contribution in [0.1, 0.15) is 45.6 Å². The minimum atomic E-state index is -0.910. The van der Waals surface area contributed by atoms with Gasteiger partial charge >= 0.3 is 6.03 Å². The van der Waals surface area contributed by atoms with Gasteiger partial charge in [0.1, 0.15) is 12.1 Å². The van der Waals surface area contributed by atoms with Crippen LogP contribution >= 0.6 is 0 Å². The molecule has 1 spiro atoms. The lowest BCUT2D eigenvalue weighted by Crippen LogP contribution is -2.54. The zero-order chi connectivity index (χ0) is 19.8. The van der Waals surface area contributed by atoms with E-state index in [0.717, 1.165) is 11.3 Å². The number of benzene rings is 1. The molecule has 7 nitrogen and oxygen atoms in total. The Kier molecular flexibility index (Phi) is 4.68. The molecule has 1 aromatic carbocycles. The van der Waals surface area contributed by atoms with Crippen LogP contribution in [0.3, 0.4) is 0 Å². The van der Waals surface area contributed by atoms with E-state index >= 15 is 0 Å². The zero-order valence-corrected chi connectivity index (χ0v) is 15.8. The summed E-state index contributed by atoms with van der Waals surface area (Å²) in [6.45, 7) is 5.96.